The summed E-state index contributed by atoms with van der Waals surface area (Å²) in [7, 11) is 5.65. The van der Waals surface area contributed by atoms with Crippen molar-refractivity contribution in [1.82, 2.24) is 24.7 Å². The number of nitrogens with zero attached hydrogens (tertiary/aromatic N) is 9. The summed E-state index contributed by atoms with van der Waals surface area (Å²) in [6.45, 7) is 2.35. The van der Waals surface area contributed by atoms with Gasteiger partial charge in [0.25, 0.3) is 0 Å². The average molecular weight is 674 g/mol. The van der Waals surface area contributed by atoms with Crippen molar-refractivity contribution in [3.05, 3.63) is 57.9 Å². The van der Waals surface area contributed by atoms with Crippen molar-refractivity contribution in [1.29, 1.82) is 5.26 Å². The molecule has 258 valence electrons. The van der Waals surface area contributed by atoms with Crippen LogP contribution < -0.4 is 14.5 Å². The monoisotopic (exact) mass is 673 g/mol. The summed E-state index contributed by atoms with van der Waals surface area (Å²) >= 11 is 0. The minimum Gasteiger partial charge on any atom is -0.462 e. The van der Waals surface area contributed by atoms with E-state index in [1.807, 2.05) is 35.8 Å². The second-order valence-electron chi connectivity index (χ2n) is 12.6. The Balaban J connectivity index is 1.45. The van der Waals surface area contributed by atoms with E-state index in [2.05, 4.69) is 16.2 Å². The number of rotatable bonds is 10. The van der Waals surface area contributed by atoms with Crippen LogP contribution in [0.5, 0.6) is 6.01 Å². The summed E-state index contributed by atoms with van der Waals surface area (Å²) in [5.74, 6) is -1.02. The predicted octanol–water partition coefficient (Wildman–Crippen LogP) is 3.46. The molecule has 16 heteroatoms. The number of aromatic nitrogens is 2. The molecule has 0 radical (unpaired) electrons. The van der Waals surface area contributed by atoms with Crippen LogP contribution in [0.15, 0.2) is 35.5 Å². The van der Waals surface area contributed by atoms with Crippen LogP contribution >= 0.6 is 0 Å². The lowest BCUT2D eigenvalue weighted by molar-refractivity contribution is -0.139. The van der Waals surface area contributed by atoms with E-state index in [1.165, 1.54) is 23.1 Å². The summed E-state index contributed by atoms with van der Waals surface area (Å²) < 4.78 is 62.4. The van der Waals surface area contributed by atoms with E-state index in [9.17, 15) is 32.5 Å². The van der Waals surface area contributed by atoms with E-state index in [0.717, 1.165) is 6.07 Å². The van der Waals surface area contributed by atoms with Gasteiger partial charge in [-0.05, 0) is 46.1 Å². The van der Waals surface area contributed by atoms with Crippen molar-refractivity contribution in [2.24, 2.45) is 5.18 Å². The summed E-state index contributed by atoms with van der Waals surface area (Å²) in [6, 6.07) is 4.57. The molecule has 0 bridgehead atoms. The van der Waals surface area contributed by atoms with Crippen molar-refractivity contribution in [2.45, 2.75) is 50.1 Å². The smallest absolute Gasteiger partial charge is 0.421 e. The van der Waals surface area contributed by atoms with Crippen LogP contribution in [0.25, 0.3) is 0 Å². The number of nitroso groups, excluding NO2 is 1. The minimum absolute atomic E-state index is 0.0127. The first kappa shape index (κ1) is 35.0. The summed E-state index contributed by atoms with van der Waals surface area (Å²) in [5.41, 5.74) is -0.457. The van der Waals surface area contributed by atoms with Gasteiger partial charge in [0.15, 0.2) is 0 Å². The molecule has 3 aliphatic heterocycles. The predicted molar refractivity (Wildman–Crippen MR) is 170 cm³/mol. The molecule has 12 nitrogen and oxygen atoms in total. The third kappa shape index (κ3) is 7.84. The summed E-state index contributed by atoms with van der Waals surface area (Å²) in [4.78, 5) is 42.6. The highest BCUT2D eigenvalue weighted by Crippen LogP contribution is 2.40. The molecule has 0 N–H and O–H groups in total. The van der Waals surface area contributed by atoms with Gasteiger partial charge in [0.05, 0.1) is 36.5 Å². The minimum atomic E-state index is -4.90. The molecule has 2 aromatic rings. The number of benzene rings is 1. The van der Waals surface area contributed by atoms with Gasteiger partial charge in [-0.3, -0.25) is 9.69 Å². The van der Waals surface area contributed by atoms with Crippen LogP contribution in [0.1, 0.15) is 29.7 Å². The van der Waals surface area contributed by atoms with E-state index in [0.29, 0.717) is 56.2 Å². The van der Waals surface area contributed by atoms with E-state index in [1.54, 1.807) is 11.0 Å². The lowest BCUT2D eigenvalue weighted by atomic mass is 10.0. The molecule has 1 aromatic heterocycles. The number of hydrogen-bond acceptors (Lipinski definition) is 11. The molecular formula is C32H39F4N9O3. The molecule has 4 heterocycles. The molecule has 3 atom stereocenters. The van der Waals surface area contributed by atoms with Gasteiger partial charge in [-0.2, -0.15) is 33.3 Å². The number of fused-ring (bicyclic) bond motifs is 1. The highest BCUT2D eigenvalue weighted by molar-refractivity contribution is 5.88. The van der Waals surface area contributed by atoms with E-state index < -0.39 is 23.6 Å². The fourth-order valence-electron chi connectivity index (χ4n) is 6.55. The highest BCUT2D eigenvalue weighted by Gasteiger charge is 2.40. The number of likely N-dealkylation sites (N-methyl/N-ethyl adjacent to an activating group) is 2. The van der Waals surface area contributed by atoms with Gasteiger partial charge in [-0.1, -0.05) is 17.3 Å². The molecule has 2 saturated heterocycles. The van der Waals surface area contributed by atoms with Gasteiger partial charge in [-0.15, -0.1) is 0 Å². The Kier molecular flexibility index (Phi) is 10.8. The molecule has 0 spiro atoms. The number of hydrogen-bond donors (Lipinski definition) is 0. The first-order chi connectivity index (χ1) is 22.9. The summed E-state index contributed by atoms with van der Waals surface area (Å²) in [5, 5.41) is 12.8. The molecule has 2 fully saturated rings. The largest absolute Gasteiger partial charge is 0.462 e. The first-order valence-electron chi connectivity index (χ1n) is 15.8. The highest BCUT2D eigenvalue weighted by atomic mass is 19.4. The number of nitriles is 1. The van der Waals surface area contributed by atoms with Crippen molar-refractivity contribution in [3.8, 4) is 12.1 Å². The number of ether oxygens (including phenoxy) is 1. The summed E-state index contributed by atoms with van der Waals surface area (Å²) in [6.07, 6.45) is -0.756. The first-order valence-corrected chi connectivity index (χ1v) is 15.8. The lowest BCUT2D eigenvalue weighted by Crippen LogP contribution is -2.55. The van der Waals surface area contributed by atoms with Gasteiger partial charge in [0, 0.05) is 56.9 Å². The standard InChI is InChI=1S/C32H39F4N9O3/c1-41(2)12-5-8-28(46)45-15-14-44(18-22(45)9-11-37)30-24-10-13-43(27-7-4-6-25(33)29(27)32(34,35)36)19-26(24)38-31(39-30)48-20-23-16-21(40-47)17-42(23)3/h4-8,21-23H,9-10,12-20H2,1-3H3/b8-5+/t21-,22+,23+/m1/s1. The van der Waals surface area contributed by atoms with Crippen LogP contribution in [0.3, 0.4) is 0 Å². The molecule has 0 aliphatic carbocycles. The Morgan fingerprint density at radius 1 is 1.17 bits per heavy atom. The third-order valence-electron chi connectivity index (χ3n) is 8.98. The molecule has 3 aliphatic rings. The number of likely N-dealkylation sites (tertiary alicyclic amines) is 1. The van der Waals surface area contributed by atoms with Gasteiger partial charge in [0.2, 0.25) is 5.91 Å². The number of alkyl halides is 3. The maximum atomic E-state index is 14.5. The van der Waals surface area contributed by atoms with Gasteiger partial charge in [-0.25, -0.2) is 4.39 Å². The zero-order chi connectivity index (χ0) is 34.6. The Morgan fingerprint density at radius 2 is 1.96 bits per heavy atom. The Morgan fingerprint density at radius 3 is 2.65 bits per heavy atom. The van der Waals surface area contributed by atoms with E-state index in [-0.39, 0.29) is 62.2 Å². The quantitative estimate of drug-likeness (QED) is 0.211. The Bertz CT molecular complexity index is 1560. The fourth-order valence-corrected chi connectivity index (χ4v) is 6.55. The zero-order valence-electron chi connectivity index (χ0n) is 27.2. The van der Waals surface area contributed by atoms with E-state index in [4.69, 9.17) is 9.72 Å². The molecule has 5 rings (SSSR count). The molecule has 1 aromatic carbocycles. The number of anilines is 2. The Labute approximate surface area is 276 Å². The van der Waals surface area contributed by atoms with Crippen molar-refractivity contribution in [3.63, 3.8) is 0 Å². The topological polar surface area (TPSA) is 122 Å². The molecular weight excluding hydrogens is 634 g/mol. The van der Waals surface area contributed by atoms with Gasteiger partial charge in [0.1, 0.15) is 29.8 Å². The van der Waals surface area contributed by atoms with Crippen LogP contribution in [-0.4, -0.2) is 116 Å². The molecule has 48 heavy (non-hydrogen) atoms. The van der Waals surface area contributed by atoms with Crippen LogP contribution in [0, 0.1) is 22.1 Å². The number of carbonyl (C=O) groups excluding carboxylic acids is 1. The van der Waals surface area contributed by atoms with Crippen LogP contribution in [0.2, 0.25) is 0 Å². The number of piperazine rings is 1. The van der Waals surface area contributed by atoms with Gasteiger partial charge >= 0.3 is 12.2 Å². The molecule has 1 amide bonds. The number of halogens is 4. The normalized spacial score (nSPS) is 21.9. The second kappa shape index (κ2) is 14.8. The zero-order valence-corrected chi connectivity index (χ0v) is 27.2. The van der Waals surface area contributed by atoms with Crippen LogP contribution in [-0.2, 0) is 23.9 Å². The molecule has 0 saturated carbocycles. The number of carbonyl (C=O) groups is 1. The maximum absolute atomic E-state index is 14.5. The fraction of sp³-hybridized carbons (Fsp3) is 0.562. The maximum Gasteiger partial charge on any atom is 0.421 e. The second-order valence-corrected chi connectivity index (χ2v) is 12.6. The SMILES string of the molecule is CN(C)C/C=C/C(=O)N1CCN(c2nc(OC[C@@H]3C[C@@H](N=O)CN3C)nc3c2CCN(c2cccc(F)c2C(F)(F)F)C3)C[C@@H]1CC#N. The van der Waals surface area contributed by atoms with Crippen LogP contribution in [0.4, 0.5) is 29.1 Å². The average Bonchev–Trinajstić information content (AvgIpc) is 3.41. The lowest BCUT2D eigenvalue weighted by Gasteiger charge is -2.42. The van der Waals surface area contributed by atoms with Crippen molar-refractivity contribution in [2.75, 3.05) is 76.8 Å². The van der Waals surface area contributed by atoms with Gasteiger partial charge < -0.3 is 24.3 Å². The van der Waals surface area contributed by atoms with Crippen molar-refractivity contribution < 1.29 is 27.1 Å². The number of amides is 1. The van der Waals surface area contributed by atoms with Crippen molar-refractivity contribution >= 4 is 17.4 Å². The van der Waals surface area contributed by atoms with E-state index >= 15 is 0 Å². The molecule has 0 unspecified atom stereocenters. The third-order valence-corrected chi connectivity index (χ3v) is 8.98. The Hall–Kier alpha value is -4.36.